The van der Waals surface area contributed by atoms with E-state index >= 15 is 0 Å². The van der Waals surface area contributed by atoms with Gasteiger partial charge in [0, 0.05) is 6.92 Å². The standard InChI is InChI=1S/C10H14O3/c1-7(11)12-5-4-8-6-9-2-3-10(8)13-9/h2-3,8-10H,4-6H2,1H3. The van der Waals surface area contributed by atoms with Crippen LogP contribution in [-0.4, -0.2) is 24.8 Å². The summed E-state index contributed by atoms with van der Waals surface area (Å²) in [7, 11) is 0. The maximum Gasteiger partial charge on any atom is 0.302 e. The van der Waals surface area contributed by atoms with Gasteiger partial charge >= 0.3 is 5.97 Å². The van der Waals surface area contributed by atoms with E-state index in [-0.39, 0.29) is 12.1 Å². The van der Waals surface area contributed by atoms with E-state index in [1.54, 1.807) is 0 Å². The number of rotatable bonds is 3. The van der Waals surface area contributed by atoms with E-state index in [1.807, 2.05) is 0 Å². The summed E-state index contributed by atoms with van der Waals surface area (Å²) in [5, 5.41) is 0. The summed E-state index contributed by atoms with van der Waals surface area (Å²) >= 11 is 0. The van der Waals surface area contributed by atoms with Crippen LogP contribution in [0.1, 0.15) is 19.8 Å². The third-order valence-corrected chi connectivity index (χ3v) is 2.64. The average molecular weight is 182 g/mol. The van der Waals surface area contributed by atoms with Crippen LogP contribution < -0.4 is 0 Å². The van der Waals surface area contributed by atoms with E-state index in [0.29, 0.717) is 18.6 Å². The second-order valence-electron chi connectivity index (χ2n) is 3.65. The molecule has 3 atom stereocenters. The fourth-order valence-electron chi connectivity index (χ4n) is 2.00. The van der Waals surface area contributed by atoms with Crippen LogP contribution >= 0.6 is 0 Å². The largest absolute Gasteiger partial charge is 0.466 e. The molecule has 3 nitrogen and oxygen atoms in total. The Balaban J connectivity index is 1.72. The van der Waals surface area contributed by atoms with E-state index in [2.05, 4.69) is 12.2 Å². The molecule has 13 heavy (non-hydrogen) atoms. The summed E-state index contributed by atoms with van der Waals surface area (Å²) in [6.45, 7) is 1.97. The second-order valence-corrected chi connectivity index (χ2v) is 3.65. The topological polar surface area (TPSA) is 35.5 Å². The van der Waals surface area contributed by atoms with Gasteiger partial charge in [-0.3, -0.25) is 4.79 Å². The Morgan fingerprint density at radius 1 is 1.62 bits per heavy atom. The first-order chi connectivity index (χ1) is 6.25. The minimum Gasteiger partial charge on any atom is -0.466 e. The summed E-state index contributed by atoms with van der Waals surface area (Å²) in [5.74, 6) is 0.356. The van der Waals surface area contributed by atoms with Crippen molar-refractivity contribution in [1.82, 2.24) is 0 Å². The van der Waals surface area contributed by atoms with E-state index in [1.165, 1.54) is 6.92 Å². The maximum atomic E-state index is 10.5. The summed E-state index contributed by atoms with van der Waals surface area (Å²) in [6, 6.07) is 0. The number of carbonyl (C=O) groups excluding carboxylic acids is 1. The summed E-state index contributed by atoms with van der Waals surface area (Å²) < 4.78 is 10.5. The fourth-order valence-corrected chi connectivity index (χ4v) is 2.00. The quantitative estimate of drug-likeness (QED) is 0.487. The van der Waals surface area contributed by atoms with E-state index < -0.39 is 0 Å². The third kappa shape index (κ3) is 1.91. The Kier molecular flexibility index (Phi) is 2.36. The van der Waals surface area contributed by atoms with Gasteiger partial charge in [-0.05, 0) is 18.8 Å². The Hall–Kier alpha value is -0.830. The number of ether oxygens (including phenoxy) is 2. The lowest BCUT2D eigenvalue weighted by atomic mass is 9.92. The molecule has 0 aromatic rings. The van der Waals surface area contributed by atoms with E-state index in [4.69, 9.17) is 9.47 Å². The lowest BCUT2D eigenvalue weighted by Crippen LogP contribution is -2.16. The van der Waals surface area contributed by atoms with Gasteiger partial charge in [0.05, 0.1) is 18.8 Å². The molecule has 0 aromatic heterocycles. The van der Waals surface area contributed by atoms with Crippen molar-refractivity contribution in [3.05, 3.63) is 12.2 Å². The molecule has 0 N–H and O–H groups in total. The van der Waals surface area contributed by atoms with Crippen molar-refractivity contribution in [3.63, 3.8) is 0 Å². The van der Waals surface area contributed by atoms with Crippen LogP contribution in [0.2, 0.25) is 0 Å². The molecule has 0 aliphatic carbocycles. The van der Waals surface area contributed by atoms with Crippen LogP contribution in [0, 0.1) is 5.92 Å². The first-order valence-electron chi connectivity index (χ1n) is 4.73. The first-order valence-corrected chi connectivity index (χ1v) is 4.73. The van der Waals surface area contributed by atoms with Gasteiger partial charge in [0.2, 0.25) is 0 Å². The molecular formula is C10H14O3. The Morgan fingerprint density at radius 3 is 3.00 bits per heavy atom. The molecule has 72 valence electrons. The highest BCUT2D eigenvalue weighted by atomic mass is 16.5. The zero-order valence-corrected chi connectivity index (χ0v) is 7.73. The first kappa shape index (κ1) is 8.75. The molecule has 1 saturated heterocycles. The zero-order valence-electron chi connectivity index (χ0n) is 7.73. The van der Waals surface area contributed by atoms with Crippen LogP contribution in [0.5, 0.6) is 0 Å². The van der Waals surface area contributed by atoms with Crippen molar-refractivity contribution in [2.75, 3.05) is 6.61 Å². The molecule has 0 radical (unpaired) electrons. The molecule has 2 aliphatic rings. The maximum absolute atomic E-state index is 10.5. The van der Waals surface area contributed by atoms with Gasteiger partial charge in [0.15, 0.2) is 0 Å². The van der Waals surface area contributed by atoms with Gasteiger partial charge in [-0.15, -0.1) is 0 Å². The van der Waals surface area contributed by atoms with Crippen LogP contribution in [0.15, 0.2) is 12.2 Å². The normalized spacial score (nSPS) is 35.3. The van der Waals surface area contributed by atoms with Gasteiger partial charge in [0.1, 0.15) is 0 Å². The van der Waals surface area contributed by atoms with Crippen molar-refractivity contribution < 1.29 is 14.3 Å². The molecule has 0 aromatic carbocycles. The number of fused-ring (bicyclic) bond motifs is 2. The smallest absolute Gasteiger partial charge is 0.302 e. The molecule has 0 spiro atoms. The Bertz CT molecular complexity index is 234. The van der Waals surface area contributed by atoms with Crippen molar-refractivity contribution in [2.45, 2.75) is 32.0 Å². The van der Waals surface area contributed by atoms with Gasteiger partial charge in [-0.25, -0.2) is 0 Å². The van der Waals surface area contributed by atoms with Gasteiger partial charge in [0.25, 0.3) is 0 Å². The molecule has 3 unspecified atom stereocenters. The molecule has 2 aliphatic heterocycles. The molecule has 3 heteroatoms. The Morgan fingerprint density at radius 2 is 2.46 bits per heavy atom. The highest BCUT2D eigenvalue weighted by Gasteiger charge is 2.36. The minimum absolute atomic E-state index is 0.195. The molecule has 0 amide bonds. The van der Waals surface area contributed by atoms with Crippen molar-refractivity contribution in [2.24, 2.45) is 5.92 Å². The van der Waals surface area contributed by atoms with Crippen LogP contribution in [0.3, 0.4) is 0 Å². The molecular weight excluding hydrogens is 168 g/mol. The van der Waals surface area contributed by atoms with Crippen LogP contribution in [0.4, 0.5) is 0 Å². The number of esters is 1. The lowest BCUT2D eigenvalue weighted by Gasteiger charge is -2.14. The minimum atomic E-state index is -0.195. The highest BCUT2D eigenvalue weighted by molar-refractivity contribution is 5.65. The summed E-state index contributed by atoms with van der Waals surface area (Å²) in [5.41, 5.74) is 0. The van der Waals surface area contributed by atoms with Crippen LogP contribution in [-0.2, 0) is 14.3 Å². The SMILES string of the molecule is CC(=O)OCCC1CC2C=CC1O2. The van der Waals surface area contributed by atoms with Gasteiger partial charge in [-0.1, -0.05) is 12.2 Å². The van der Waals surface area contributed by atoms with Gasteiger partial charge < -0.3 is 9.47 Å². The Labute approximate surface area is 77.7 Å². The van der Waals surface area contributed by atoms with Crippen molar-refractivity contribution in [1.29, 1.82) is 0 Å². The number of hydrogen-bond donors (Lipinski definition) is 0. The predicted octanol–water partition coefficient (Wildman–Crippen LogP) is 1.28. The van der Waals surface area contributed by atoms with Crippen molar-refractivity contribution in [3.8, 4) is 0 Å². The number of carbonyl (C=O) groups is 1. The number of hydrogen-bond acceptors (Lipinski definition) is 3. The third-order valence-electron chi connectivity index (χ3n) is 2.64. The monoisotopic (exact) mass is 182 g/mol. The summed E-state index contributed by atoms with van der Waals surface area (Å²) in [4.78, 5) is 10.5. The van der Waals surface area contributed by atoms with E-state index in [9.17, 15) is 4.79 Å². The lowest BCUT2D eigenvalue weighted by molar-refractivity contribution is -0.141. The molecule has 2 rings (SSSR count). The van der Waals surface area contributed by atoms with Gasteiger partial charge in [-0.2, -0.15) is 0 Å². The second kappa shape index (κ2) is 3.50. The molecule has 1 fully saturated rings. The van der Waals surface area contributed by atoms with Crippen molar-refractivity contribution >= 4 is 5.97 Å². The zero-order chi connectivity index (χ0) is 9.26. The fraction of sp³-hybridized carbons (Fsp3) is 0.700. The summed E-state index contributed by atoms with van der Waals surface area (Å²) in [6.07, 6.45) is 6.85. The van der Waals surface area contributed by atoms with E-state index in [0.717, 1.165) is 12.8 Å². The van der Waals surface area contributed by atoms with Crippen LogP contribution in [0.25, 0.3) is 0 Å². The average Bonchev–Trinajstić information content (AvgIpc) is 2.64. The molecule has 0 saturated carbocycles. The highest BCUT2D eigenvalue weighted by Crippen LogP contribution is 2.35. The predicted molar refractivity (Wildman–Crippen MR) is 47.2 cm³/mol. The molecule has 2 bridgehead atoms. The molecule has 2 heterocycles.